The van der Waals surface area contributed by atoms with Gasteiger partial charge in [0, 0.05) is 30.9 Å². The highest BCUT2D eigenvalue weighted by molar-refractivity contribution is 5.73. The van der Waals surface area contributed by atoms with Crippen LogP contribution in [0.4, 0.5) is 26.2 Å². The average Bonchev–Trinajstić information content (AvgIpc) is 2.93. The lowest BCUT2D eigenvalue weighted by Gasteiger charge is -2.37. The lowest BCUT2D eigenvalue weighted by Crippen LogP contribution is -2.45. The van der Waals surface area contributed by atoms with Crippen molar-refractivity contribution < 1.29 is 23.4 Å². The molecule has 0 saturated carbocycles. The van der Waals surface area contributed by atoms with Crippen LogP contribution in [0, 0.1) is 11.6 Å². The van der Waals surface area contributed by atoms with Gasteiger partial charge in [0.25, 0.3) is 0 Å². The Labute approximate surface area is 239 Å². The molecule has 220 valence electrons. The van der Waals surface area contributed by atoms with Crippen molar-refractivity contribution in [3.63, 3.8) is 0 Å². The largest absolute Gasteiger partial charge is 0.486 e. The highest BCUT2D eigenvalue weighted by Gasteiger charge is 2.28. The molecule has 0 spiro atoms. The molecule has 0 radical (unpaired) electrons. The van der Waals surface area contributed by atoms with Crippen LogP contribution in [0.5, 0.6) is 5.75 Å². The number of ether oxygens (including phenoxy) is 2. The van der Waals surface area contributed by atoms with Crippen LogP contribution < -0.4 is 15.0 Å². The fourth-order valence-corrected chi connectivity index (χ4v) is 5.28. The minimum absolute atomic E-state index is 0.0144. The number of pyridine rings is 1. The summed E-state index contributed by atoms with van der Waals surface area (Å²) in [6.45, 7) is 12.2. The smallest absolute Gasteiger partial charge is 0.229 e. The SMILES string of the molecule is CC(C)N1CCOc2c(F)cc(-c3nc(Nc4ccc(C5CCN(C(O)OC(C)(C)C)CC5)cn4)ncc3F)cc21. The highest BCUT2D eigenvalue weighted by atomic mass is 19.1. The second-order valence-corrected chi connectivity index (χ2v) is 11.8. The minimum Gasteiger partial charge on any atom is -0.486 e. The van der Waals surface area contributed by atoms with Gasteiger partial charge >= 0.3 is 0 Å². The van der Waals surface area contributed by atoms with Crippen LogP contribution in [-0.4, -0.2) is 69.3 Å². The van der Waals surface area contributed by atoms with E-state index >= 15 is 0 Å². The molecule has 0 aliphatic carbocycles. The second kappa shape index (κ2) is 11.8. The number of aromatic nitrogens is 3. The molecule has 4 heterocycles. The third-order valence-electron chi connectivity index (χ3n) is 7.35. The monoisotopic (exact) mass is 568 g/mol. The van der Waals surface area contributed by atoms with E-state index in [1.807, 2.05) is 62.7 Å². The van der Waals surface area contributed by atoms with Crippen molar-refractivity contribution in [1.29, 1.82) is 0 Å². The fourth-order valence-electron chi connectivity index (χ4n) is 5.28. The zero-order chi connectivity index (χ0) is 29.3. The standard InChI is InChI=1S/C30H38F2N6O3/c1-18(2)38-12-13-40-27-22(31)14-21(15-24(27)38)26-23(32)17-34-28(36-26)35-25-7-6-20(16-33-25)19-8-10-37(11-9-19)29(39)41-30(3,4)5/h6-7,14-19,29,39H,8-13H2,1-5H3,(H,33,34,35,36). The molecular formula is C30H38F2N6O3. The van der Waals surface area contributed by atoms with E-state index in [0.29, 0.717) is 36.1 Å². The summed E-state index contributed by atoms with van der Waals surface area (Å²) in [7, 11) is 0. The Kier molecular flexibility index (Phi) is 8.40. The number of fused-ring (bicyclic) bond motifs is 1. The predicted molar refractivity (Wildman–Crippen MR) is 153 cm³/mol. The summed E-state index contributed by atoms with van der Waals surface area (Å²) >= 11 is 0. The van der Waals surface area contributed by atoms with Crippen molar-refractivity contribution in [3.8, 4) is 17.0 Å². The quantitative estimate of drug-likeness (QED) is 0.361. The first-order valence-electron chi connectivity index (χ1n) is 14.1. The number of anilines is 3. The molecule has 2 aliphatic heterocycles. The number of benzene rings is 1. The first-order valence-corrected chi connectivity index (χ1v) is 14.1. The number of aliphatic hydroxyl groups excluding tert-OH is 1. The zero-order valence-electron chi connectivity index (χ0n) is 24.2. The molecule has 11 heteroatoms. The average molecular weight is 569 g/mol. The van der Waals surface area contributed by atoms with E-state index in [1.165, 1.54) is 6.07 Å². The summed E-state index contributed by atoms with van der Waals surface area (Å²) in [5.74, 6) is -0.0702. The van der Waals surface area contributed by atoms with E-state index in [2.05, 4.69) is 20.3 Å². The van der Waals surface area contributed by atoms with E-state index in [1.54, 1.807) is 6.07 Å². The number of rotatable bonds is 7. The van der Waals surface area contributed by atoms with Gasteiger partial charge in [-0.15, -0.1) is 0 Å². The van der Waals surface area contributed by atoms with Gasteiger partial charge in [0.05, 0.1) is 24.0 Å². The molecule has 41 heavy (non-hydrogen) atoms. The van der Waals surface area contributed by atoms with Crippen LogP contribution in [0.1, 0.15) is 58.9 Å². The molecule has 2 aliphatic rings. The zero-order valence-corrected chi connectivity index (χ0v) is 24.2. The summed E-state index contributed by atoms with van der Waals surface area (Å²) in [5, 5.41) is 13.4. The summed E-state index contributed by atoms with van der Waals surface area (Å²) in [5.41, 5.74) is 1.54. The molecule has 1 aromatic carbocycles. The van der Waals surface area contributed by atoms with Gasteiger partial charge in [-0.2, -0.15) is 0 Å². The van der Waals surface area contributed by atoms with Gasteiger partial charge < -0.3 is 24.8 Å². The van der Waals surface area contributed by atoms with E-state index < -0.39 is 23.6 Å². The van der Waals surface area contributed by atoms with Crippen molar-refractivity contribution in [2.75, 3.05) is 36.5 Å². The van der Waals surface area contributed by atoms with Crippen molar-refractivity contribution >= 4 is 17.5 Å². The predicted octanol–water partition coefficient (Wildman–Crippen LogP) is 5.44. The molecule has 9 nitrogen and oxygen atoms in total. The van der Waals surface area contributed by atoms with Crippen molar-refractivity contribution in [3.05, 3.63) is 53.9 Å². The fraction of sp³-hybridized carbons (Fsp3) is 0.500. The van der Waals surface area contributed by atoms with E-state index in [4.69, 9.17) is 9.47 Å². The Hall–Kier alpha value is -3.41. The van der Waals surface area contributed by atoms with Gasteiger partial charge in [0.15, 0.2) is 17.4 Å². The van der Waals surface area contributed by atoms with Crippen LogP contribution in [-0.2, 0) is 4.74 Å². The van der Waals surface area contributed by atoms with E-state index in [9.17, 15) is 13.9 Å². The molecule has 0 bridgehead atoms. The Bertz CT molecular complexity index is 1360. The number of nitrogens with one attached hydrogen (secondary N) is 1. The molecule has 5 rings (SSSR count). The maximum Gasteiger partial charge on any atom is 0.229 e. The highest BCUT2D eigenvalue weighted by Crippen LogP contribution is 2.39. The van der Waals surface area contributed by atoms with Gasteiger partial charge in [-0.1, -0.05) is 6.07 Å². The molecule has 1 fully saturated rings. The first-order chi connectivity index (χ1) is 19.5. The second-order valence-electron chi connectivity index (χ2n) is 11.8. The number of halogens is 2. The molecular weight excluding hydrogens is 530 g/mol. The Balaban J connectivity index is 1.27. The van der Waals surface area contributed by atoms with Crippen LogP contribution in [0.15, 0.2) is 36.7 Å². The van der Waals surface area contributed by atoms with E-state index in [-0.39, 0.29) is 23.4 Å². The van der Waals surface area contributed by atoms with Gasteiger partial charge in [0.2, 0.25) is 12.4 Å². The van der Waals surface area contributed by atoms with Crippen molar-refractivity contribution in [2.45, 2.75) is 71.4 Å². The lowest BCUT2D eigenvalue weighted by atomic mass is 9.90. The van der Waals surface area contributed by atoms with Gasteiger partial charge in [-0.3, -0.25) is 4.90 Å². The molecule has 1 atom stereocenters. The number of aliphatic hydroxyl groups is 1. The molecule has 3 aromatic rings. The molecule has 1 saturated heterocycles. The Morgan fingerprint density at radius 3 is 2.46 bits per heavy atom. The minimum atomic E-state index is -0.915. The van der Waals surface area contributed by atoms with E-state index in [0.717, 1.165) is 37.7 Å². The van der Waals surface area contributed by atoms with Crippen molar-refractivity contribution in [1.82, 2.24) is 19.9 Å². The summed E-state index contributed by atoms with van der Waals surface area (Å²) in [4.78, 5) is 16.9. The van der Waals surface area contributed by atoms with Crippen LogP contribution in [0.25, 0.3) is 11.3 Å². The van der Waals surface area contributed by atoms with Crippen LogP contribution in [0.3, 0.4) is 0 Å². The third-order valence-corrected chi connectivity index (χ3v) is 7.35. The lowest BCUT2D eigenvalue weighted by molar-refractivity contribution is -0.242. The number of hydrogen-bond donors (Lipinski definition) is 2. The van der Waals surface area contributed by atoms with Gasteiger partial charge in [-0.25, -0.2) is 23.7 Å². The van der Waals surface area contributed by atoms with Gasteiger partial charge in [-0.05, 0) is 77.1 Å². The number of piperidine rings is 1. The molecule has 0 amide bonds. The summed E-state index contributed by atoms with van der Waals surface area (Å²) < 4.78 is 41.1. The Morgan fingerprint density at radius 1 is 1.05 bits per heavy atom. The summed E-state index contributed by atoms with van der Waals surface area (Å²) in [6, 6.07) is 6.91. The third kappa shape index (κ3) is 6.74. The maximum atomic E-state index is 15.0. The topological polar surface area (TPSA) is 95.9 Å². The van der Waals surface area contributed by atoms with Crippen molar-refractivity contribution in [2.24, 2.45) is 0 Å². The first kappa shape index (κ1) is 29.1. The molecule has 1 unspecified atom stereocenters. The van der Waals surface area contributed by atoms with Gasteiger partial charge in [0.1, 0.15) is 18.1 Å². The van der Waals surface area contributed by atoms with Crippen LogP contribution >= 0.6 is 0 Å². The normalized spacial score (nSPS) is 17.3. The molecule has 2 N–H and O–H groups in total. The summed E-state index contributed by atoms with van der Waals surface area (Å²) in [6.07, 6.45) is 3.72. The number of hydrogen-bond acceptors (Lipinski definition) is 9. The molecule has 2 aromatic heterocycles. The number of nitrogens with zero attached hydrogens (tertiary/aromatic N) is 5. The number of likely N-dealkylation sites (tertiary alicyclic amines) is 1. The van der Waals surface area contributed by atoms with Crippen LogP contribution in [0.2, 0.25) is 0 Å². The Morgan fingerprint density at radius 2 is 1.80 bits per heavy atom. The maximum absolute atomic E-state index is 15.0.